The van der Waals surface area contributed by atoms with Gasteiger partial charge in [0.15, 0.2) is 11.4 Å². The van der Waals surface area contributed by atoms with Crippen LogP contribution in [0.25, 0.3) is 10.8 Å². The predicted molar refractivity (Wildman–Crippen MR) is 101 cm³/mol. The maximum absolute atomic E-state index is 12.9. The van der Waals surface area contributed by atoms with Gasteiger partial charge in [-0.05, 0) is 6.07 Å². The zero-order chi connectivity index (χ0) is 19.5. The van der Waals surface area contributed by atoms with Crippen molar-refractivity contribution in [3.05, 3.63) is 52.7 Å². The second-order valence-electron chi connectivity index (χ2n) is 6.46. The first-order valence-corrected chi connectivity index (χ1v) is 8.95. The highest BCUT2D eigenvalue weighted by Gasteiger charge is 2.27. The maximum atomic E-state index is 12.9. The van der Waals surface area contributed by atoms with Gasteiger partial charge in [-0.25, -0.2) is 5.10 Å². The molecule has 0 unspecified atom stereocenters. The number of fused-ring (bicyclic) bond motifs is 1. The molecule has 9 nitrogen and oxygen atoms in total. The van der Waals surface area contributed by atoms with Crippen LogP contribution in [0.1, 0.15) is 23.3 Å². The molecule has 9 heteroatoms. The molecule has 0 aliphatic carbocycles. The molecule has 3 heterocycles. The highest BCUT2D eigenvalue weighted by Crippen LogP contribution is 2.20. The minimum absolute atomic E-state index is 0.0715. The average Bonchev–Trinajstić information content (AvgIpc) is 2.75. The van der Waals surface area contributed by atoms with Crippen LogP contribution in [0.5, 0.6) is 11.8 Å². The average molecular weight is 381 g/mol. The van der Waals surface area contributed by atoms with E-state index < -0.39 is 0 Å². The maximum Gasteiger partial charge on any atom is 0.316 e. The molecule has 1 aliphatic heterocycles. The highest BCUT2D eigenvalue weighted by atomic mass is 16.5. The Morgan fingerprint density at radius 1 is 1.14 bits per heavy atom. The third-order valence-corrected chi connectivity index (χ3v) is 4.74. The summed E-state index contributed by atoms with van der Waals surface area (Å²) in [6.07, 6.45) is 4.34. The summed E-state index contributed by atoms with van der Waals surface area (Å²) in [4.78, 5) is 34.8. The number of amides is 1. The quantitative estimate of drug-likeness (QED) is 0.727. The zero-order valence-corrected chi connectivity index (χ0v) is 15.3. The van der Waals surface area contributed by atoms with Gasteiger partial charge in [-0.2, -0.15) is 15.1 Å². The molecule has 2 aromatic heterocycles. The standard InChI is InChI=1S/C19H19N5O4/c1-27-13-10-20-19(21-11-13)28-12-6-8-24(9-7-12)18(26)16-14-4-2-3-5-15(14)17(25)23-22-16/h2-5,10-12H,6-9H2,1H3,(H,23,25). The van der Waals surface area contributed by atoms with Gasteiger partial charge in [0.2, 0.25) is 0 Å². The van der Waals surface area contributed by atoms with Crippen molar-refractivity contribution in [2.75, 3.05) is 20.2 Å². The van der Waals surface area contributed by atoms with Gasteiger partial charge in [0.1, 0.15) is 6.10 Å². The number of rotatable bonds is 4. The van der Waals surface area contributed by atoms with E-state index >= 15 is 0 Å². The van der Waals surface area contributed by atoms with Crippen molar-refractivity contribution in [1.29, 1.82) is 0 Å². The number of methoxy groups -OCH3 is 1. The van der Waals surface area contributed by atoms with Crippen molar-refractivity contribution in [2.24, 2.45) is 0 Å². The van der Waals surface area contributed by atoms with Crippen molar-refractivity contribution in [3.63, 3.8) is 0 Å². The van der Waals surface area contributed by atoms with Crippen LogP contribution in [-0.4, -0.2) is 57.3 Å². The van der Waals surface area contributed by atoms with Crippen LogP contribution in [0.15, 0.2) is 41.5 Å². The molecule has 0 saturated carbocycles. The van der Waals surface area contributed by atoms with Crippen molar-refractivity contribution < 1.29 is 14.3 Å². The molecule has 4 rings (SSSR count). The lowest BCUT2D eigenvalue weighted by Crippen LogP contribution is -2.42. The van der Waals surface area contributed by atoms with Gasteiger partial charge in [-0.1, -0.05) is 18.2 Å². The molecule has 1 N–H and O–H groups in total. The summed E-state index contributed by atoms with van der Waals surface area (Å²) >= 11 is 0. The lowest BCUT2D eigenvalue weighted by atomic mass is 10.1. The molecule has 1 amide bonds. The summed E-state index contributed by atoms with van der Waals surface area (Å²) in [6.45, 7) is 1.05. The van der Waals surface area contributed by atoms with Gasteiger partial charge in [0.25, 0.3) is 11.5 Å². The minimum atomic E-state index is -0.307. The number of carbonyl (C=O) groups excluding carboxylic acids is 1. The number of aromatic amines is 1. The molecule has 1 aliphatic rings. The van der Waals surface area contributed by atoms with Crippen LogP contribution in [0, 0.1) is 0 Å². The lowest BCUT2D eigenvalue weighted by Gasteiger charge is -2.31. The van der Waals surface area contributed by atoms with E-state index in [4.69, 9.17) is 9.47 Å². The van der Waals surface area contributed by atoms with Gasteiger partial charge in [-0.15, -0.1) is 0 Å². The summed E-state index contributed by atoms with van der Waals surface area (Å²) in [7, 11) is 1.55. The molecule has 0 atom stereocenters. The summed E-state index contributed by atoms with van der Waals surface area (Å²) in [6, 6.07) is 7.26. The number of benzene rings is 1. The SMILES string of the molecule is COc1cnc(OC2CCN(C(=O)c3n[nH]c(=O)c4ccccc34)CC2)nc1. The van der Waals surface area contributed by atoms with Crippen LogP contribution in [0.2, 0.25) is 0 Å². The topological polar surface area (TPSA) is 110 Å². The minimum Gasteiger partial charge on any atom is -0.494 e. The summed E-state index contributed by atoms with van der Waals surface area (Å²) in [5.74, 6) is 0.361. The zero-order valence-electron chi connectivity index (χ0n) is 15.3. The largest absolute Gasteiger partial charge is 0.494 e. The van der Waals surface area contributed by atoms with Gasteiger partial charge in [0.05, 0.1) is 24.9 Å². The number of hydrogen-bond donors (Lipinski definition) is 1. The van der Waals surface area contributed by atoms with E-state index in [0.29, 0.717) is 48.5 Å². The van der Waals surface area contributed by atoms with Gasteiger partial charge >= 0.3 is 6.01 Å². The molecular formula is C19H19N5O4. The first-order chi connectivity index (χ1) is 13.7. The Balaban J connectivity index is 1.43. The lowest BCUT2D eigenvalue weighted by molar-refractivity contribution is 0.0574. The second-order valence-corrected chi connectivity index (χ2v) is 6.46. The Morgan fingerprint density at radius 3 is 2.50 bits per heavy atom. The fourth-order valence-corrected chi connectivity index (χ4v) is 3.22. The van der Waals surface area contributed by atoms with Crippen molar-refractivity contribution in [3.8, 4) is 11.8 Å². The van der Waals surface area contributed by atoms with E-state index in [2.05, 4.69) is 20.2 Å². The van der Waals surface area contributed by atoms with Crippen LogP contribution >= 0.6 is 0 Å². The Bertz CT molecular complexity index is 1040. The molecule has 3 aromatic rings. The summed E-state index contributed by atoms with van der Waals surface area (Å²) < 4.78 is 10.8. The van der Waals surface area contributed by atoms with Gasteiger partial charge < -0.3 is 14.4 Å². The van der Waals surface area contributed by atoms with E-state index in [1.807, 2.05) is 0 Å². The molecular weight excluding hydrogens is 362 g/mol. The third kappa shape index (κ3) is 3.51. The van der Waals surface area contributed by atoms with Gasteiger partial charge in [-0.3, -0.25) is 9.59 Å². The number of H-pyrrole nitrogens is 1. The Hall–Kier alpha value is -3.49. The molecule has 0 bridgehead atoms. The second kappa shape index (κ2) is 7.63. The monoisotopic (exact) mass is 381 g/mol. The molecule has 1 fully saturated rings. The fourth-order valence-electron chi connectivity index (χ4n) is 3.22. The van der Waals surface area contributed by atoms with E-state index in [-0.39, 0.29) is 23.3 Å². The third-order valence-electron chi connectivity index (χ3n) is 4.74. The number of likely N-dealkylation sites (tertiary alicyclic amines) is 1. The van der Waals surface area contributed by atoms with Gasteiger partial charge in [0, 0.05) is 31.3 Å². The Morgan fingerprint density at radius 2 is 1.82 bits per heavy atom. The van der Waals surface area contributed by atoms with E-state index in [1.165, 1.54) is 0 Å². The molecule has 1 aromatic carbocycles. The molecule has 1 saturated heterocycles. The number of carbonyl (C=O) groups is 1. The van der Waals surface area contributed by atoms with Crippen LogP contribution in [0.4, 0.5) is 0 Å². The smallest absolute Gasteiger partial charge is 0.316 e. The predicted octanol–water partition coefficient (Wildman–Crippen LogP) is 1.41. The van der Waals surface area contributed by atoms with Crippen molar-refractivity contribution in [2.45, 2.75) is 18.9 Å². The summed E-state index contributed by atoms with van der Waals surface area (Å²) in [5, 5.41) is 7.41. The number of nitrogens with zero attached hydrogens (tertiary/aromatic N) is 4. The number of nitrogens with one attached hydrogen (secondary N) is 1. The molecule has 144 valence electrons. The number of aromatic nitrogens is 4. The fraction of sp³-hybridized carbons (Fsp3) is 0.316. The molecule has 0 spiro atoms. The van der Waals surface area contributed by atoms with Crippen molar-refractivity contribution >= 4 is 16.7 Å². The normalized spacial score (nSPS) is 14.8. The summed E-state index contributed by atoms with van der Waals surface area (Å²) in [5.41, 5.74) is -0.0493. The Labute approximate surface area is 160 Å². The number of piperidine rings is 1. The first-order valence-electron chi connectivity index (χ1n) is 8.95. The van der Waals surface area contributed by atoms with Crippen LogP contribution in [-0.2, 0) is 0 Å². The van der Waals surface area contributed by atoms with E-state index in [1.54, 1.807) is 48.7 Å². The Kier molecular flexibility index (Phi) is 4.88. The van der Waals surface area contributed by atoms with Crippen molar-refractivity contribution in [1.82, 2.24) is 25.1 Å². The van der Waals surface area contributed by atoms with E-state index in [0.717, 1.165) is 0 Å². The molecule has 28 heavy (non-hydrogen) atoms. The van der Waals surface area contributed by atoms with Crippen LogP contribution < -0.4 is 15.0 Å². The first kappa shape index (κ1) is 17.9. The number of hydrogen-bond acceptors (Lipinski definition) is 7. The van der Waals surface area contributed by atoms with Crippen LogP contribution in [0.3, 0.4) is 0 Å². The highest BCUT2D eigenvalue weighted by molar-refractivity contribution is 6.04. The molecule has 0 radical (unpaired) electrons. The van der Waals surface area contributed by atoms with E-state index in [9.17, 15) is 9.59 Å². The number of ether oxygens (including phenoxy) is 2.